The summed E-state index contributed by atoms with van der Waals surface area (Å²) in [4.78, 5) is 14.2. The van der Waals surface area contributed by atoms with Crippen LogP contribution < -0.4 is 5.32 Å². The number of benzene rings is 1. The van der Waals surface area contributed by atoms with Gasteiger partial charge < -0.3 is 5.32 Å². The molecule has 1 aromatic rings. The number of hydrogen-bond donors (Lipinski definition) is 1. The Hall–Kier alpha value is -1.65. The number of hydrogen-bond acceptors (Lipinski definition) is 2. The van der Waals surface area contributed by atoms with Crippen LogP contribution in [0.1, 0.15) is 12.0 Å². The minimum absolute atomic E-state index is 0.0864. The summed E-state index contributed by atoms with van der Waals surface area (Å²) < 4.78 is 0. The summed E-state index contributed by atoms with van der Waals surface area (Å²) in [5.41, 5.74) is 2.05. The fourth-order valence-corrected chi connectivity index (χ4v) is 3.00. The van der Waals surface area contributed by atoms with Gasteiger partial charge in [0, 0.05) is 17.3 Å². The van der Waals surface area contributed by atoms with E-state index in [0.29, 0.717) is 16.7 Å². The van der Waals surface area contributed by atoms with E-state index in [0.717, 1.165) is 24.1 Å². The predicted molar refractivity (Wildman–Crippen MR) is 87.9 cm³/mol. The van der Waals surface area contributed by atoms with Crippen molar-refractivity contribution >= 4 is 34.8 Å². The fraction of sp³-hybridized carbons (Fsp3) is 0.250. The smallest absolute Gasteiger partial charge is 0.238 e. The van der Waals surface area contributed by atoms with Gasteiger partial charge in [-0.1, -0.05) is 35.9 Å². The van der Waals surface area contributed by atoms with Crippen LogP contribution in [0.15, 0.2) is 48.2 Å². The molecule has 1 aliphatic heterocycles. The highest BCUT2D eigenvalue weighted by atomic mass is 35.5. The zero-order valence-electron chi connectivity index (χ0n) is 11.4. The zero-order chi connectivity index (χ0) is 14.8. The van der Waals surface area contributed by atoms with E-state index in [1.807, 2.05) is 42.5 Å². The first kappa shape index (κ1) is 14.3. The van der Waals surface area contributed by atoms with Crippen LogP contribution in [0.2, 0.25) is 5.02 Å². The van der Waals surface area contributed by atoms with Gasteiger partial charge >= 0.3 is 0 Å². The van der Waals surface area contributed by atoms with E-state index in [2.05, 4.69) is 5.32 Å². The Labute approximate surface area is 134 Å². The van der Waals surface area contributed by atoms with Gasteiger partial charge in [0.15, 0.2) is 5.11 Å². The molecule has 0 unspecified atom stereocenters. The largest absolute Gasteiger partial charge is 0.335 e. The molecule has 5 heteroatoms. The molecule has 2 aliphatic rings. The Balaban J connectivity index is 1.69. The number of nitrogens with one attached hydrogen (secondary N) is 1. The Morgan fingerprint density at radius 1 is 1.33 bits per heavy atom. The van der Waals surface area contributed by atoms with E-state index in [9.17, 15) is 4.79 Å². The first-order valence-electron chi connectivity index (χ1n) is 6.88. The van der Waals surface area contributed by atoms with Crippen LogP contribution in [-0.4, -0.2) is 22.5 Å². The number of carbonyl (C=O) groups excluding carboxylic acids is 1. The lowest BCUT2D eigenvalue weighted by Crippen LogP contribution is -2.54. The first-order chi connectivity index (χ1) is 10.1. The van der Waals surface area contributed by atoms with Crippen LogP contribution in [0.4, 0.5) is 0 Å². The number of carbonyl (C=O) groups is 1. The van der Waals surface area contributed by atoms with E-state index in [1.165, 1.54) is 0 Å². The van der Waals surface area contributed by atoms with Crippen molar-refractivity contribution in [1.82, 2.24) is 10.2 Å². The van der Waals surface area contributed by atoms with Crippen LogP contribution in [0.3, 0.4) is 0 Å². The molecule has 3 nitrogen and oxygen atoms in total. The average molecular weight is 319 g/mol. The van der Waals surface area contributed by atoms with Crippen molar-refractivity contribution in [3.05, 3.63) is 58.8 Å². The number of fused-ring (bicyclic) bond motifs is 1. The van der Waals surface area contributed by atoms with Crippen molar-refractivity contribution in [2.24, 2.45) is 5.92 Å². The molecule has 1 aliphatic carbocycles. The van der Waals surface area contributed by atoms with Gasteiger partial charge in [0.1, 0.15) is 0 Å². The van der Waals surface area contributed by atoms with E-state index < -0.39 is 0 Å². The van der Waals surface area contributed by atoms with Crippen molar-refractivity contribution < 1.29 is 4.79 Å². The molecule has 0 bridgehead atoms. The molecule has 1 atom stereocenters. The monoisotopic (exact) mass is 318 g/mol. The summed E-state index contributed by atoms with van der Waals surface area (Å²) in [7, 11) is 0. The number of thiocarbonyl (C=S) groups is 1. The number of rotatable bonds is 3. The van der Waals surface area contributed by atoms with E-state index in [-0.39, 0.29) is 11.8 Å². The lowest BCUT2D eigenvalue weighted by atomic mass is 9.93. The number of amides is 1. The minimum atomic E-state index is -0.119. The summed E-state index contributed by atoms with van der Waals surface area (Å²) in [5.74, 6) is -0.0322. The van der Waals surface area contributed by atoms with Crippen molar-refractivity contribution in [1.29, 1.82) is 0 Å². The molecule has 1 saturated heterocycles. The standard InChI is InChI=1S/C16H15ClN2OS/c17-12-7-5-11(6-8-12)9-10-19-15(20)13-3-1-2-4-14(13)18-16(19)21/h1-2,4-8,13H,3,9-10H2,(H,18,21)/t13-/m1/s1. The summed E-state index contributed by atoms with van der Waals surface area (Å²) in [6, 6.07) is 7.67. The van der Waals surface area contributed by atoms with Crippen LogP contribution in [-0.2, 0) is 11.2 Å². The lowest BCUT2D eigenvalue weighted by molar-refractivity contribution is -0.131. The van der Waals surface area contributed by atoms with Crippen LogP contribution in [0.25, 0.3) is 0 Å². The van der Waals surface area contributed by atoms with Crippen molar-refractivity contribution in [3.8, 4) is 0 Å². The number of nitrogens with zero attached hydrogens (tertiary/aromatic N) is 1. The maximum Gasteiger partial charge on any atom is 0.238 e. The number of halogens is 1. The van der Waals surface area contributed by atoms with E-state index >= 15 is 0 Å². The third-order valence-electron chi connectivity index (χ3n) is 3.76. The molecule has 108 valence electrons. The average Bonchev–Trinajstić information content (AvgIpc) is 2.49. The third-order valence-corrected chi connectivity index (χ3v) is 4.33. The highest BCUT2D eigenvalue weighted by Gasteiger charge is 2.35. The molecule has 0 spiro atoms. The fourth-order valence-electron chi connectivity index (χ4n) is 2.57. The zero-order valence-corrected chi connectivity index (χ0v) is 13.0. The van der Waals surface area contributed by atoms with Gasteiger partial charge in [0.2, 0.25) is 5.91 Å². The SMILES string of the molecule is O=C1[C@@H]2CC=CC=C2NC(=S)N1CCc1ccc(Cl)cc1. The summed E-state index contributed by atoms with van der Waals surface area (Å²) in [6.45, 7) is 0.583. The molecule has 1 fully saturated rings. The van der Waals surface area contributed by atoms with Gasteiger partial charge in [-0.3, -0.25) is 9.69 Å². The number of allylic oxidation sites excluding steroid dienone is 3. The maximum absolute atomic E-state index is 12.5. The van der Waals surface area contributed by atoms with E-state index in [1.54, 1.807) is 4.90 Å². The summed E-state index contributed by atoms with van der Waals surface area (Å²) in [5, 5.41) is 4.38. The normalized spacial score (nSPS) is 20.9. The van der Waals surface area contributed by atoms with Crippen LogP contribution in [0, 0.1) is 5.92 Å². The highest BCUT2D eigenvalue weighted by molar-refractivity contribution is 7.80. The Bertz CT molecular complexity index is 636. The Morgan fingerprint density at radius 3 is 2.86 bits per heavy atom. The second kappa shape index (κ2) is 6.00. The Kier molecular flexibility index (Phi) is 4.08. The molecular formula is C16H15ClN2OS. The second-order valence-electron chi connectivity index (χ2n) is 5.13. The van der Waals surface area contributed by atoms with Gasteiger partial charge in [-0.15, -0.1) is 0 Å². The van der Waals surface area contributed by atoms with E-state index in [4.69, 9.17) is 23.8 Å². The maximum atomic E-state index is 12.5. The molecule has 0 aromatic heterocycles. The van der Waals surface area contributed by atoms with Crippen LogP contribution in [0.5, 0.6) is 0 Å². The van der Waals surface area contributed by atoms with Gasteiger partial charge in [0.05, 0.1) is 5.92 Å². The molecule has 21 heavy (non-hydrogen) atoms. The Morgan fingerprint density at radius 2 is 2.10 bits per heavy atom. The van der Waals surface area contributed by atoms with Gasteiger partial charge in [-0.25, -0.2) is 0 Å². The lowest BCUT2D eigenvalue weighted by Gasteiger charge is -2.36. The molecule has 1 amide bonds. The van der Waals surface area contributed by atoms with Crippen molar-refractivity contribution in [2.75, 3.05) is 6.54 Å². The van der Waals surface area contributed by atoms with Gasteiger partial charge in [-0.05, 0) is 48.8 Å². The molecule has 0 radical (unpaired) electrons. The van der Waals surface area contributed by atoms with Crippen molar-refractivity contribution in [3.63, 3.8) is 0 Å². The minimum Gasteiger partial charge on any atom is -0.335 e. The molecule has 1 heterocycles. The summed E-state index contributed by atoms with van der Waals surface area (Å²) in [6.07, 6.45) is 7.39. The van der Waals surface area contributed by atoms with Crippen molar-refractivity contribution in [2.45, 2.75) is 12.8 Å². The molecule has 0 saturated carbocycles. The molecule has 3 rings (SSSR count). The highest BCUT2D eigenvalue weighted by Crippen LogP contribution is 2.25. The summed E-state index contributed by atoms with van der Waals surface area (Å²) >= 11 is 11.2. The van der Waals surface area contributed by atoms with Gasteiger partial charge in [0.25, 0.3) is 0 Å². The molecule has 1 aromatic carbocycles. The van der Waals surface area contributed by atoms with Gasteiger partial charge in [-0.2, -0.15) is 0 Å². The third kappa shape index (κ3) is 3.01. The second-order valence-corrected chi connectivity index (χ2v) is 5.96. The first-order valence-corrected chi connectivity index (χ1v) is 7.67. The quantitative estimate of drug-likeness (QED) is 0.869. The van der Waals surface area contributed by atoms with Crippen LogP contribution >= 0.6 is 23.8 Å². The topological polar surface area (TPSA) is 32.3 Å². The predicted octanol–water partition coefficient (Wildman–Crippen LogP) is 3.06. The molecule has 1 N–H and O–H groups in total. The molecular weight excluding hydrogens is 304 g/mol.